The van der Waals surface area contributed by atoms with E-state index in [2.05, 4.69) is 20.9 Å². The Balaban J connectivity index is 1.63. The molecule has 3 aromatic rings. The Hall–Kier alpha value is -3.73. The number of esters is 1. The van der Waals surface area contributed by atoms with Gasteiger partial charge in [0, 0.05) is 31.9 Å². The van der Waals surface area contributed by atoms with Gasteiger partial charge in [0.2, 0.25) is 0 Å². The van der Waals surface area contributed by atoms with Crippen molar-refractivity contribution >= 4 is 28.5 Å². The highest BCUT2D eigenvalue weighted by Crippen LogP contribution is 2.29. The van der Waals surface area contributed by atoms with Crippen LogP contribution in [0, 0.1) is 23.1 Å². The molecule has 1 aliphatic heterocycles. The number of piperazine rings is 1. The van der Waals surface area contributed by atoms with Crippen molar-refractivity contribution < 1.29 is 13.9 Å². The van der Waals surface area contributed by atoms with E-state index in [-0.39, 0.29) is 18.3 Å². The highest BCUT2D eigenvalue weighted by Gasteiger charge is 2.31. The maximum Gasteiger partial charge on any atom is 0.329 e. The molecule has 170 valence electrons. The van der Waals surface area contributed by atoms with Gasteiger partial charge in [-0.05, 0) is 42.3 Å². The Morgan fingerprint density at radius 2 is 1.64 bits per heavy atom. The number of hydrogen-bond acceptors (Lipinski definition) is 7. The first kappa shape index (κ1) is 22.5. The number of para-hydroxylation sites is 2. The van der Waals surface area contributed by atoms with Crippen LogP contribution in [0.2, 0.25) is 0 Å². The first-order valence-electron chi connectivity index (χ1n) is 11.0. The van der Waals surface area contributed by atoms with Crippen molar-refractivity contribution in [2.24, 2.45) is 5.92 Å². The van der Waals surface area contributed by atoms with Crippen molar-refractivity contribution in [1.82, 2.24) is 9.97 Å². The van der Waals surface area contributed by atoms with Crippen LogP contribution in [0.3, 0.4) is 0 Å². The molecular weight excluding hydrogens is 421 g/mol. The van der Waals surface area contributed by atoms with Crippen LogP contribution in [0.25, 0.3) is 11.0 Å². The summed E-state index contributed by atoms with van der Waals surface area (Å²) in [6, 6.07) is 15.9. The van der Waals surface area contributed by atoms with Gasteiger partial charge in [-0.25, -0.2) is 14.4 Å². The fourth-order valence-electron chi connectivity index (χ4n) is 3.82. The molecule has 2 aromatic carbocycles. The molecule has 33 heavy (non-hydrogen) atoms. The van der Waals surface area contributed by atoms with Gasteiger partial charge in [-0.15, -0.1) is 0 Å². The van der Waals surface area contributed by atoms with E-state index < -0.39 is 11.9 Å². The molecule has 0 amide bonds. The summed E-state index contributed by atoms with van der Waals surface area (Å²) in [5, 5.41) is 9.85. The van der Waals surface area contributed by atoms with Gasteiger partial charge < -0.3 is 14.5 Å². The Morgan fingerprint density at radius 3 is 2.24 bits per heavy atom. The molecular formula is C25H26FN5O2. The minimum absolute atomic E-state index is 0.162. The zero-order valence-corrected chi connectivity index (χ0v) is 18.7. The summed E-state index contributed by atoms with van der Waals surface area (Å²) >= 11 is 0. The van der Waals surface area contributed by atoms with Crippen LogP contribution < -0.4 is 9.80 Å². The fraction of sp³-hybridized carbons (Fsp3) is 0.360. The van der Waals surface area contributed by atoms with Gasteiger partial charge in [-0.3, -0.25) is 4.79 Å². The Bertz CT molecular complexity index is 1170. The summed E-state index contributed by atoms with van der Waals surface area (Å²) in [5.41, 5.74) is 2.59. The molecule has 0 radical (unpaired) electrons. The highest BCUT2D eigenvalue weighted by atomic mass is 19.1. The Morgan fingerprint density at radius 1 is 1.03 bits per heavy atom. The van der Waals surface area contributed by atoms with Crippen LogP contribution in [0.5, 0.6) is 0 Å². The summed E-state index contributed by atoms with van der Waals surface area (Å²) in [7, 11) is 0. The SMILES string of the molecule is CC(C)COC(=O)[C@H](C#N)c1nc2ccccc2nc1N1CCN(c2ccc(F)cc2)CC1. The van der Waals surface area contributed by atoms with Crippen molar-refractivity contribution in [1.29, 1.82) is 5.26 Å². The number of rotatable bonds is 6. The van der Waals surface area contributed by atoms with E-state index in [9.17, 15) is 14.4 Å². The number of aromatic nitrogens is 2. The van der Waals surface area contributed by atoms with Crippen molar-refractivity contribution in [3.63, 3.8) is 0 Å². The first-order chi connectivity index (χ1) is 16.0. The molecule has 1 aromatic heterocycles. The molecule has 0 unspecified atom stereocenters. The number of benzene rings is 2. The number of fused-ring (bicyclic) bond motifs is 1. The lowest BCUT2D eigenvalue weighted by atomic mass is 10.1. The fourth-order valence-corrected chi connectivity index (χ4v) is 3.82. The lowest BCUT2D eigenvalue weighted by Crippen LogP contribution is -2.47. The molecule has 4 rings (SSSR count). The summed E-state index contributed by atoms with van der Waals surface area (Å²) in [5.74, 6) is -1.34. The van der Waals surface area contributed by atoms with E-state index >= 15 is 0 Å². The van der Waals surface area contributed by atoms with Crippen LogP contribution >= 0.6 is 0 Å². The third-order valence-corrected chi connectivity index (χ3v) is 5.55. The molecule has 0 spiro atoms. The molecule has 1 aliphatic rings. The second-order valence-corrected chi connectivity index (χ2v) is 8.46. The largest absolute Gasteiger partial charge is 0.464 e. The molecule has 1 fully saturated rings. The van der Waals surface area contributed by atoms with E-state index in [1.807, 2.05) is 38.1 Å². The Labute approximate surface area is 192 Å². The van der Waals surface area contributed by atoms with E-state index in [1.165, 1.54) is 12.1 Å². The summed E-state index contributed by atoms with van der Waals surface area (Å²) in [6.45, 7) is 6.74. The average molecular weight is 448 g/mol. The predicted octanol–water partition coefficient (Wildman–Crippen LogP) is 3.90. The van der Waals surface area contributed by atoms with Gasteiger partial charge in [0.1, 0.15) is 11.5 Å². The second-order valence-electron chi connectivity index (χ2n) is 8.46. The second kappa shape index (κ2) is 9.82. The van der Waals surface area contributed by atoms with E-state index in [0.717, 1.165) is 5.69 Å². The van der Waals surface area contributed by atoms with Gasteiger partial charge in [0.05, 0.1) is 23.7 Å². The smallest absolute Gasteiger partial charge is 0.329 e. The average Bonchev–Trinajstić information content (AvgIpc) is 2.83. The number of anilines is 2. The lowest BCUT2D eigenvalue weighted by Gasteiger charge is -2.37. The third kappa shape index (κ3) is 5.03. The number of carbonyl (C=O) groups is 1. The molecule has 0 saturated carbocycles. The van der Waals surface area contributed by atoms with E-state index in [0.29, 0.717) is 48.7 Å². The molecule has 8 heteroatoms. The summed E-state index contributed by atoms with van der Waals surface area (Å²) in [4.78, 5) is 26.4. The van der Waals surface area contributed by atoms with Crippen molar-refractivity contribution in [2.45, 2.75) is 19.8 Å². The Kier molecular flexibility index (Phi) is 6.68. The van der Waals surface area contributed by atoms with Gasteiger partial charge in [-0.2, -0.15) is 5.26 Å². The molecule has 2 heterocycles. The van der Waals surface area contributed by atoms with Crippen LogP contribution in [-0.4, -0.2) is 48.7 Å². The maximum atomic E-state index is 13.3. The number of hydrogen-bond donors (Lipinski definition) is 0. The standard InChI is InChI=1S/C25H26FN5O2/c1-17(2)16-33-25(32)20(15-27)23-24(29-22-6-4-3-5-21(22)28-23)31-13-11-30(12-14-31)19-9-7-18(26)8-10-19/h3-10,17,20H,11-14,16H2,1-2H3/t20-/m1/s1. The molecule has 7 nitrogen and oxygen atoms in total. The molecule has 1 atom stereocenters. The molecule has 1 saturated heterocycles. The van der Waals surface area contributed by atoms with E-state index in [4.69, 9.17) is 9.72 Å². The van der Waals surface area contributed by atoms with Gasteiger partial charge in [-0.1, -0.05) is 26.0 Å². The topological polar surface area (TPSA) is 82.3 Å². The van der Waals surface area contributed by atoms with Crippen LogP contribution in [0.1, 0.15) is 25.5 Å². The van der Waals surface area contributed by atoms with Crippen molar-refractivity contribution in [2.75, 3.05) is 42.6 Å². The van der Waals surface area contributed by atoms with Crippen LogP contribution in [-0.2, 0) is 9.53 Å². The minimum Gasteiger partial charge on any atom is -0.464 e. The zero-order valence-electron chi connectivity index (χ0n) is 18.7. The number of ether oxygens (including phenoxy) is 1. The van der Waals surface area contributed by atoms with Crippen molar-refractivity contribution in [3.8, 4) is 6.07 Å². The quantitative estimate of drug-likeness (QED) is 0.530. The first-order valence-corrected chi connectivity index (χ1v) is 11.0. The highest BCUT2D eigenvalue weighted by molar-refractivity contribution is 5.85. The van der Waals surface area contributed by atoms with Crippen LogP contribution in [0.4, 0.5) is 15.9 Å². The number of halogens is 1. The van der Waals surface area contributed by atoms with Crippen LogP contribution in [0.15, 0.2) is 48.5 Å². The third-order valence-electron chi connectivity index (χ3n) is 5.55. The van der Waals surface area contributed by atoms with E-state index in [1.54, 1.807) is 12.1 Å². The number of nitriles is 1. The predicted molar refractivity (Wildman–Crippen MR) is 125 cm³/mol. The summed E-state index contributed by atoms with van der Waals surface area (Å²) < 4.78 is 18.6. The normalized spacial score (nSPS) is 14.9. The molecule has 0 aliphatic carbocycles. The molecule has 0 N–H and O–H groups in total. The number of carbonyl (C=O) groups excluding carboxylic acids is 1. The molecule has 0 bridgehead atoms. The zero-order chi connectivity index (χ0) is 23.4. The van der Waals surface area contributed by atoms with Gasteiger partial charge in [0.15, 0.2) is 11.7 Å². The van der Waals surface area contributed by atoms with Crippen molar-refractivity contribution in [3.05, 3.63) is 60.0 Å². The van der Waals surface area contributed by atoms with Gasteiger partial charge >= 0.3 is 5.97 Å². The lowest BCUT2D eigenvalue weighted by molar-refractivity contribution is -0.145. The number of nitrogens with zero attached hydrogens (tertiary/aromatic N) is 5. The van der Waals surface area contributed by atoms with Gasteiger partial charge in [0.25, 0.3) is 0 Å². The monoisotopic (exact) mass is 447 g/mol. The maximum absolute atomic E-state index is 13.3. The summed E-state index contributed by atoms with van der Waals surface area (Å²) in [6.07, 6.45) is 0. The minimum atomic E-state index is -1.16.